The van der Waals surface area contributed by atoms with Gasteiger partial charge >= 0.3 is 0 Å². The molecule has 0 aromatic heterocycles. The summed E-state index contributed by atoms with van der Waals surface area (Å²) in [5, 5.41) is 0.630. The summed E-state index contributed by atoms with van der Waals surface area (Å²) < 4.78 is 16.4. The number of rotatable bonds is 7. The third kappa shape index (κ3) is 3.21. The van der Waals surface area contributed by atoms with Crippen molar-refractivity contribution in [2.45, 2.75) is 51.2 Å². The molecule has 1 aromatic carbocycles. The number of hydrogen-bond donors (Lipinski definition) is 0. The monoisotopic (exact) mass is 298 g/mol. The highest BCUT2D eigenvalue weighted by Gasteiger charge is 2.38. The van der Waals surface area contributed by atoms with Crippen LogP contribution in [0.1, 0.15) is 44.6 Å². The lowest BCUT2D eigenvalue weighted by Gasteiger charge is -2.19. The molecule has 20 heavy (non-hydrogen) atoms. The van der Waals surface area contributed by atoms with Gasteiger partial charge in [-0.05, 0) is 36.8 Å². The lowest BCUT2D eigenvalue weighted by Crippen LogP contribution is -2.06. The Morgan fingerprint density at radius 2 is 1.85 bits per heavy atom. The van der Waals surface area contributed by atoms with E-state index in [1.165, 1.54) is 0 Å². The Balaban J connectivity index is 2.22. The molecule has 2 rings (SSSR count). The Morgan fingerprint density at radius 3 is 2.35 bits per heavy atom. The Morgan fingerprint density at radius 1 is 1.15 bits per heavy atom. The first-order valence-electron chi connectivity index (χ1n) is 7.21. The lowest BCUT2D eigenvalue weighted by atomic mass is 9.90. The predicted octanol–water partition coefficient (Wildman–Crippen LogP) is 4.42. The van der Waals surface area contributed by atoms with E-state index in [4.69, 9.17) is 25.8 Å². The van der Waals surface area contributed by atoms with E-state index in [2.05, 4.69) is 13.8 Å². The van der Waals surface area contributed by atoms with Gasteiger partial charge < -0.3 is 14.2 Å². The normalized spacial score (nSPS) is 22.4. The minimum absolute atomic E-state index is 0.385. The molecular formula is C16H23ClO3. The van der Waals surface area contributed by atoms with Crippen molar-refractivity contribution >= 4 is 11.6 Å². The van der Waals surface area contributed by atoms with Crippen molar-refractivity contribution in [1.82, 2.24) is 0 Å². The van der Waals surface area contributed by atoms with Gasteiger partial charge in [0.1, 0.15) is 11.5 Å². The van der Waals surface area contributed by atoms with Crippen LogP contribution in [0, 0.1) is 0 Å². The van der Waals surface area contributed by atoms with Crippen molar-refractivity contribution in [3.8, 4) is 11.5 Å². The molecule has 0 radical (unpaired) electrons. The van der Waals surface area contributed by atoms with E-state index in [0.29, 0.717) is 28.9 Å². The molecule has 1 aromatic rings. The zero-order chi connectivity index (χ0) is 14.7. The van der Waals surface area contributed by atoms with Crippen LogP contribution in [0.5, 0.6) is 11.5 Å². The average molecular weight is 299 g/mol. The molecule has 3 nitrogen and oxygen atoms in total. The fourth-order valence-corrected chi connectivity index (χ4v) is 2.99. The Bertz CT molecular complexity index is 461. The largest absolute Gasteiger partial charge is 0.496 e. The molecule has 0 aliphatic carbocycles. The summed E-state index contributed by atoms with van der Waals surface area (Å²) in [6, 6.07) is 3.84. The zero-order valence-electron chi connectivity index (χ0n) is 12.6. The van der Waals surface area contributed by atoms with Crippen LogP contribution in [0.2, 0.25) is 5.02 Å². The molecule has 3 unspecified atom stereocenters. The van der Waals surface area contributed by atoms with Crippen molar-refractivity contribution in [2.24, 2.45) is 0 Å². The second-order valence-electron chi connectivity index (χ2n) is 5.19. The van der Waals surface area contributed by atoms with Gasteiger partial charge in [-0.3, -0.25) is 0 Å². The van der Waals surface area contributed by atoms with Gasteiger partial charge in [0.05, 0.1) is 31.5 Å². The molecule has 1 heterocycles. The summed E-state index contributed by atoms with van der Waals surface area (Å²) in [4.78, 5) is 0. The maximum atomic E-state index is 6.26. The van der Waals surface area contributed by atoms with Gasteiger partial charge in [0, 0.05) is 6.07 Å². The Hall–Kier alpha value is -0.930. The highest BCUT2D eigenvalue weighted by Crippen LogP contribution is 2.42. The van der Waals surface area contributed by atoms with Crippen molar-refractivity contribution in [2.75, 3.05) is 14.2 Å². The van der Waals surface area contributed by atoms with Gasteiger partial charge in [-0.2, -0.15) is 0 Å². The quantitative estimate of drug-likeness (QED) is 0.698. The molecule has 1 saturated heterocycles. The van der Waals surface area contributed by atoms with E-state index >= 15 is 0 Å². The van der Waals surface area contributed by atoms with Crippen LogP contribution in [0.15, 0.2) is 12.1 Å². The van der Waals surface area contributed by atoms with Crippen LogP contribution in [0.25, 0.3) is 0 Å². The number of halogens is 1. The van der Waals surface area contributed by atoms with E-state index in [0.717, 1.165) is 30.6 Å². The molecule has 0 spiro atoms. The average Bonchev–Trinajstić information content (AvgIpc) is 3.22. The van der Waals surface area contributed by atoms with Crippen molar-refractivity contribution in [3.63, 3.8) is 0 Å². The van der Waals surface area contributed by atoms with Gasteiger partial charge in [-0.15, -0.1) is 0 Å². The maximum Gasteiger partial charge on any atom is 0.141 e. The molecule has 0 N–H and O–H groups in total. The van der Waals surface area contributed by atoms with E-state index in [1.54, 1.807) is 14.2 Å². The highest BCUT2D eigenvalue weighted by molar-refractivity contribution is 6.32. The number of epoxide rings is 1. The highest BCUT2D eigenvalue weighted by atomic mass is 35.5. The molecule has 4 heteroatoms. The van der Waals surface area contributed by atoms with Gasteiger partial charge in [0.25, 0.3) is 0 Å². The third-order valence-electron chi connectivity index (χ3n) is 4.04. The van der Waals surface area contributed by atoms with Crippen molar-refractivity contribution in [3.05, 3.63) is 22.7 Å². The molecule has 1 aliphatic heterocycles. The molecule has 0 amide bonds. The fraction of sp³-hybridized carbons (Fsp3) is 0.625. The minimum atomic E-state index is 0.385. The van der Waals surface area contributed by atoms with E-state index in [1.807, 2.05) is 12.1 Å². The van der Waals surface area contributed by atoms with Crippen LogP contribution >= 0.6 is 11.6 Å². The fourth-order valence-electron chi connectivity index (χ4n) is 2.74. The molecule has 0 saturated carbocycles. The van der Waals surface area contributed by atoms with Crippen LogP contribution < -0.4 is 9.47 Å². The minimum Gasteiger partial charge on any atom is -0.496 e. The second kappa shape index (κ2) is 6.68. The van der Waals surface area contributed by atoms with Crippen LogP contribution in [-0.2, 0) is 4.74 Å². The summed E-state index contributed by atoms with van der Waals surface area (Å²) in [5.41, 5.74) is 1.14. The molecule has 3 atom stereocenters. The van der Waals surface area contributed by atoms with Gasteiger partial charge in [-0.25, -0.2) is 0 Å². The molecule has 1 aliphatic rings. The molecule has 0 bridgehead atoms. The first kappa shape index (κ1) is 15.5. The van der Waals surface area contributed by atoms with Crippen LogP contribution in [-0.4, -0.2) is 26.4 Å². The van der Waals surface area contributed by atoms with E-state index < -0.39 is 0 Å². The first-order valence-corrected chi connectivity index (χ1v) is 7.59. The third-order valence-corrected chi connectivity index (χ3v) is 4.34. The standard InChI is InChI=1S/C16H23ClO3/c1-5-10(7-16-13(6-2)20-16)11-8-12(17)15(19-4)9-14(11)18-3/h8-10,13,16H,5-7H2,1-4H3. The van der Waals surface area contributed by atoms with Gasteiger partial charge in [-0.1, -0.05) is 25.4 Å². The molecular weight excluding hydrogens is 276 g/mol. The Labute approximate surface area is 126 Å². The second-order valence-corrected chi connectivity index (χ2v) is 5.60. The maximum absolute atomic E-state index is 6.26. The van der Waals surface area contributed by atoms with E-state index in [-0.39, 0.29) is 0 Å². The van der Waals surface area contributed by atoms with Crippen LogP contribution in [0.4, 0.5) is 0 Å². The topological polar surface area (TPSA) is 31.0 Å². The molecule has 112 valence electrons. The Kier molecular flexibility index (Phi) is 5.17. The first-order chi connectivity index (χ1) is 9.64. The number of methoxy groups -OCH3 is 2. The predicted molar refractivity (Wildman–Crippen MR) is 81.2 cm³/mol. The summed E-state index contributed by atoms with van der Waals surface area (Å²) in [5.74, 6) is 1.89. The zero-order valence-corrected chi connectivity index (χ0v) is 13.4. The summed E-state index contributed by atoms with van der Waals surface area (Å²) in [6.45, 7) is 4.35. The number of benzene rings is 1. The SMILES string of the molecule is CCC(CC1OC1CC)c1cc(Cl)c(OC)cc1OC. The number of hydrogen-bond acceptors (Lipinski definition) is 3. The summed E-state index contributed by atoms with van der Waals surface area (Å²) >= 11 is 6.26. The van der Waals surface area contributed by atoms with Gasteiger partial charge in [0.15, 0.2) is 0 Å². The van der Waals surface area contributed by atoms with Crippen molar-refractivity contribution in [1.29, 1.82) is 0 Å². The number of ether oxygens (including phenoxy) is 3. The summed E-state index contributed by atoms with van der Waals surface area (Å²) in [6.07, 6.45) is 3.96. The smallest absolute Gasteiger partial charge is 0.141 e. The van der Waals surface area contributed by atoms with Crippen LogP contribution in [0.3, 0.4) is 0 Å². The van der Waals surface area contributed by atoms with Crippen molar-refractivity contribution < 1.29 is 14.2 Å². The summed E-state index contributed by atoms with van der Waals surface area (Å²) in [7, 11) is 3.29. The van der Waals surface area contributed by atoms with E-state index in [9.17, 15) is 0 Å². The lowest BCUT2D eigenvalue weighted by molar-refractivity contribution is 0.344. The molecule has 1 fully saturated rings. The van der Waals surface area contributed by atoms with Gasteiger partial charge in [0.2, 0.25) is 0 Å².